The van der Waals surface area contributed by atoms with E-state index in [-0.39, 0.29) is 6.04 Å². The lowest BCUT2D eigenvalue weighted by molar-refractivity contribution is -0.138. The van der Waals surface area contributed by atoms with Crippen LogP contribution in [-0.2, 0) is 12.4 Å². The molecule has 0 amide bonds. The molecule has 0 saturated heterocycles. The van der Waals surface area contributed by atoms with Gasteiger partial charge >= 0.3 is 12.4 Å². The van der Waals surface area contributed by atoms with Crippen molar-refractivity contribution in [2.24, 2.45) is 0 Å². The summed E-state index contributed by atoms with van der Waals surface area (Å²) < 4.78 is 81.2. The van der Waals surface area contributed by atoms with Crippen molar-refractivity contribution in [1.29, 1.82) is 0 Å². The molecule has 0 unspecified atom stereocenters. The molecule has 5 rings (SSSR count). The normalized spacial score (nSPS) is 12.5. The highest BCUT2D eigenvalue weighted by Gasteiger charge is 2.33. The summed E-state index contributed by atoms with van der Waals surface area (Å²) in [7, 11) is 0. The van der Waals surface area contributed by atoms with E-state index in [9.17, 15) is 26.3 Å². The highest BCUT2D eigenvalue weighted by Crippen LogP contribution is 2.43. The van der Waals surface area contributed by atoms with Crippen LogP contribution in [0.15, 0.2) is 109 Å². The summed E-state index contributed by atoms with van der Waals surface area (Å²) in [6, 6.07) is 29.9. The molecule has 0 fully saturated rings. The van der Waals surface area contributed by atoms with Crippen LogP contribution in [-0.4, -0.2) is 11.6 Å². The SMILES string of the molecule is CC(C)N(c1ccc(-c2ccc(N(c3cccc(C(F)(F)F)c3)C(C)(C)C)c3ccccc23)cc1)c1cccc(C(F)(F)F)c1. The Morgan fingerprint density at radius 1 is 0.533 bits per heavy atom. The molecule has 0 spiro atoms. The second-order valence-electron chi connectivity index (χ2n) is 12.3. The number of nitrogens with zero attached hydrogens (tertiary/aromatic N) is 2. The Bertz CT molecular complexity index is 1800. The molecule has 0 N–H and O–H groups in total. The van der Waals surface area contributed by atoms with Crippen LogP contribution in [0.1, 0.15) is 45.7 Å². The molecule has 8 heteroatoms. The number of hydrogen-bond acceptors (Lipinski definition) is 2. The second kappa shape index (κ2) is 11.8. The fourth-order valence-corrected chi connectivity index (χ4v) is 5.82. The molecule has 0 aliphatic heterocycles. The Morgan fingerprint density at radius 3 is 1.60 bits per heavy atom. The zero-order valence-corrected chi connectivity index (χ0v) is 25.6. The van der Waals surface area contributed by atoms with Crippen LogP contribution in [0.2, 0.25) is 0 Å². The smallest absolute Gasteiger partial charge is 0.339 e. The van der Waals surface area contributed by atoms with Gasteiger partial charge in [-0.1, -0.05) is 54.6 Å². The first-order valence-electron chi connectivity index (χ1n) is 14.6. The van der Waals surface area contributed by atoms with Crippen LogP contribution < -0.4 is 9.80 Å². The highest BCUT2D eigenvalue weighted by molar-refractivity contribution is 6.05. The van der Waals surface area contributed by atoms with Crippen molar-refractivity contribution >= 4 is 33.5 Å². The Labute approximate surface area is 259 Å². The Morgan fingerprint density at radius 2 is 1.07 bits per heavy atom. The van der Waals surface area contributed by atoms with Crippen molar-refractivity contribution in [3.63, 3.8) is 0 Å². The zero-order chi connectivity index (χ0) is 32.7. The summed E-state index contributed by atoms with van der Waals surface area (Å²) in [4.78, 5) is 3.78. The number of halogens is 6. The van der Waals surface area contributed by atoms with Crippen molar-refractivity contribution in [2.75, 3.05) is 9.80 Å². The van der Waals surface area contributed by atoms with Crippen LogP contribution >= 0.6 is 0 Å². The van der Waals surface area contributed by atoms with Crippen molar-refractivity contribution in [2.45, 2.75) is 58.6 Å². The van der Waals surface area contributed by atoms with E-state index < -0.39 is 29.0 Å². The van der Waals surface area contributed by atoms with Gasteiger partial charge < -0.3 is 9.80 Å². The highest BCUT2D eigenvalue weighted by atomic mass is 19.4. The number of hydrogen-bond donors (Lipinski definition) is 0. The predicted molar refractivity (Wildman–Crippen MR) is 171 cm³/mol. The van der Waals surface area contributed by atoms with Crippen LogP contribution in [0.3, 0.4) is 0 Å². The minimum Gasteiger partial charge on any atom is -0.339 e. The maximum absolute atomic E-state index is 13.6. The molecule has 0 saturated carbocycles. The van der Waals surface area contributed by atoms with Gasteiger partial charge in [0.2, 0.25) is 0 Å². The number of anilines is 4. The molecular weight excluding hydrogens is 586 g/mol. The van der Waals surface area contributed by atoms with E-state index in [1.54, 1.807) is 12.1 Å². The first-order valence-corrected chi connectivity index (χ1v) is 14.6. The van der Waals surface area contributed by atoms with E-state index in [4.69, 9.17) is 0 Å². The van der Waals surface area contributed by atoms with Crippen LogP contribution in [0, 0.1) is 0 Å². The van der Waals surface area contributed by atoms with Gasteiger partial charge in [-0.3, -0.25) is 0 Å². The van der Waals surface area contributed by atoms with Crippen LogP contribution in [0.5, 0.6) is 0 Å². The third-order valence-corrected chi connectivity index (χ3v) is 7.67. The monoisotopic (exact) mass is 620 g/mol. The molecule has 0 aromatic heterocycles. The van der Waals surface area contributed by atoms with Crippen molar-refractivity contribution in [1.82, 2.24) is 0 Å². The molecule has 5 aromatic rings. The molecule has 0 heterocycles. The van der Waals surface area contributed by atoms with Crippen molar-refractivity contribution in [3.05, 3.63) is 120 Å². The number of alkyl halides is 6. The van der Waals surface area contributed by atoms with Gasteiger partial charge in [0.05, 0.1) is 11.1 Å². The Kier molecular flexibility index (Phi) is 8.38. The zero-order valence-electron chi connectivity index (χ0n) is 25.6. The molecule has 5 aromatic carbocycles. The molecule has 0 aliphatic carbocycles. The van der Waals surface area contributed by atoms with E-state index in [1.807, 2.05) is 105 Å². The summed E-state index contributed by atoms with van der Waals surface area (Å²) in [5.41, 5.74) is 2.25. The summed E-state index contributed by atoms with van der Waals surface area (Å²) >= 11 is 0. The molecular formula is C37H34F6N2. The van der Waals surface area contributed by atoms with Crippen LogP contribution in [0.25, 0.3) is 21.9 Å². The first-order chi connectivity index (χ1) is 21.1. The fourth-order valence-electron chi connectivity index (χ4n) is 5.82. The van der Waals surface area contributed by atoms with E-state index in [2.05, 4.69) is 0 Å². The van der Waals surface area contributed by atoms with E-state index in [0.717, 1.165) is 51.5 Å². The maximum atomic E-state index is 13.6. The lowest BCUT2D eigenvalue weighted by Crippen LogP contribution is -2.37. The minimum absolute atomic E-state index is 0.112. The van der Waals surface area contributed by atoms with Gasteiger partial charge in [0.15, 0.2) is 0 Å². The summed E-state index contributed by atoms with van der Waals surface area (Å²) in [5, 5.41) is 1.79. The molecule has 0 aliphatic rings. The average Bonchev–Trinajstić information content (AvgIpc) is 2.96. The standard InChI is InChI=1S/C37H34F6N2/c1-24(2)44(29-12-8-10-26(22-29)36(38,39)40)28-18-16-25(17-19-28)31-20-21-34(33-15-7-6-14-32(31)33)45(35(3,4)5)30-13-9-11-27(23-30)37(41,42)43/h6-24H,1-5H3. The molecule has 45 heavy (non-hydrogen) atoms. The van der Waals surface area contributed by atoms with Gasteiger partial charge in [-0.15, -0.1) is 0 Å². The van der Waals surface area contributed by atoms with Gasteiger partial charge in [-0.2, -0.15) is 26.3 Å². The largest absolute Gasteiger partial charge is 0.416 e. The van der Waals surface area contributed by atoms with Gasteiger partial charge in [0.25, 0.3) is 0 Å². The molecule has 0 radical (unpaired) electrons. The van der Waals surface area contributed by atoms with E-state index >= 15 is 0 Å². The van der Waals surface area contributed by atoms with Gasteiger partial charge in [-0.05, 0) is 106 Å². The second-order valence-corrected chi connectivity index (χ2v) is 12.3. The number of fused-ring (bicyclic) bond motifs is 1. The average molecular weight is 621 g/mol. The Hall–Kier alpha value is -4.46. The van der Waals surface area contributed by atoms with E-state index in [1.165, 1.54) is 18.2 Å². The van der Waals surface area contributed by atoms with Gasteiger partial charge in [0.1, 0.15) is 0 Å². The maximum Gasteiger partial charge on any atom is 0.416 e. The summed E-state index contributed by atoms with van der Waals surface area (Å²) in [5.74, 6) is 0. The molecule has 2 nitrogen and oxygen atoms in total. The van der Waals surface area contributed by atoms with Crippen molar-refractivity contribution in [3.8, 4) is 11.1 Å². The topological polar surface area (TPSA) is 6.48 Å². The van der Waals surface area contributed by atoms with E-state index in [0.29, 0.717) is 11.4 Å². The van der Waals surface area contributed by atoms with Crippen molar-refractivity contribution < 1.29 is 26.3 Å². The third-order valence-electron chi connectivity index (χ3n) is 7.67. The van der Waals surface area contributed by atoms with Crippen LogP contribution in [0.4, 0.5) is 49.1 Å². The molecule has 0 atom stereocenters. The Balaban J connectivity index is 1.58. The van der Waals surface area contributed by atoms with Gasteiger partial charge in [-0.25, -0.2) is 0 Å². The number of rotatable bonds is 6. The fraction of sp³-hybridized carbons (Fsp3) is 0.243. The third kappa shape index (κ3) is 6.65. The predicted octanol–water partition coefficient (Wildman–Crippen LogP) is 12.0. The summed E-state index contributed by atoms with van der Waals surface area (Å²) in [6.07, 6.45) is -8.91. The lowest BCUT2D eigenvalue weighted by atomic mass is 9.94. The summed E-state index contributed by atoms with van der Waals surface area (Å²) in [6.45, 7) is 9.72. The molecule has 0 bridgehead atoms. The first kappa shape index (κ1) is 31.9. The molecule has 234 valence electrons. The quantitative estimate of drug-likeness (QED) is 0.174. The lowest BCUT2D eigenvalue weighted by Gasteiger charge is -2.39. The number of benzene rings is 5. The van der Waals surface area contributed by atoms with Gasteiger partial charge in [0, 0.05) is 39.7 Å². The minimum atomic E-state index is -4.47.